The van der Waals surface area contributed by atoms with Gasteiger partial charge in [0.05, 0.1) is 65.2 Å². The maximum absolute atomic E-state index is 14.1. The van der Waals surface area contributed by atoms with Gasteiger partial charge in [-0.1, -0.05) is 101 Å². The minimum atomic E-state index is -0.992. The fraction of sp³-hybridized carbons (Fsp3) is 0.389. The SMILES string of the molecule is Cc1ncsc1-c1ccc([C@H](C)NC(=O)[C@@H]2C[C@@H](O)CN2C(=O)[C@@H](NC(=O)COCCOCCOc2ccc(CN3C(=O)/C(=C/C=C/C4C=CC([N+](=O)[O-])=CC4C)c4ccccc43)cc2)C(C)(C)C)cc1. The fourth-order valence-electron chi connectivity index (χ4n) is 8.78. The number of aliphatic hydroxyl groups is 1. The second-order valence-electron chi connectivity index (χ2n) is 19.1. The lowest BCUT2D eigenvalue weighted by atomic mass is 9.85. The molecule has 0 radical (unpaired) electrons. The molecule has 71 heavy (non-hydrogen) atoms. The minimum Gasteiger partial charge on any atom is -0.491 e. The number of para-hydroxylation sites is 1. The number of carbonyl (C=O) groups excluding carboxylic acids is 4. The number of rotatable bonds is 20. The first-order valence-electron chi connectivity index (χ1n) is 23.8. The molecule has 1 saturated heterocycles. The molecule has 6 atom stereocenters. The van der Waals surface area contributed by atoms with Crippen molar-refractivity contribution in [1.29, 1.82) is 0 Å². The number of allylic oxidation sites excluding steroid dienone is 6. The van der Waals surface area contributed by atoms with Crippen LogP contribution in [0.1, 0.15) is 69.5 Å². The normalized spacial score (nSPS) is 20.2. The summed E-state index contributed by atoms with van der Waals surface area (Å²) in [6.07, 6.45) is 9.75. The fourth-order valence-corrected chi connectivity index (χ4v) is 9.59. The summed E-state index contributed by atoms with van der Waals surface area (Å²) in [4.78, 5) is 73.8. The van der Waals surface area contributed by atoms with Gasteiger partial charge in [-0.25, -0.2) is 4.98 Å². The van der Waals surface area contributed by atoms with Crippen LogP contribution < -0.4 is 20.3 Å². The molecule has 0 bridgehead atoms. The number of nitrogens with one attached hydrogen (secondary N) is 2. The van der Waals surface area contributed by atoms with Crippen LogP contribution in [0.25, 0.3) is 16.0 Å². The molecular formula is C54H62N6O10S. The highest BCUT2D eigenvalue weighted by molar-refractivity contribution is 7.13. The molecule has 1 fully saturated rings. The lowest BCUT2D eigenvalue weighted by Gasteiger charge is -2.35. The van der Waals surface area contributed by atoms with Gasteiger partial charge in [0.15, 0.2) is 0 Å². The zero-order valence-electron chi connectivity index (χ0n) is 40.9. The number of nitrogens with zero attached hydrogens (tertiary/aromatic N) is 4. The summed E-state index contributed by atoms with van der Waals surface area (Å²) >= 11 is 1.57. The summed E-state index contributed by atoms with van der Waals surface area (Å²) in [7, 11) is 0. The number of benzene rings is 3. The number of hydrogen-bond acceptors (Lipinski definition) is 12. The lowest BCUT2D eigenvalue weighted by molar-refractivity contribution is -0.419. The maximum atomic E-state index is 14.1. The summed E-state index contributed by atoms with van der Waals surface area (Å²) in [5.74, 6) is -0.914. The van der Waals surface area contributed by atoms with Gasteiger partial charge in [-0.05, 0) is 72.2 Å². The van der Waals surface area contributed by atoms with Gasteiger partial charge in [0.2, 0.25) is 17.7 Å². The van der Waals surface area contributed by atoms with Crippen molar-refractivity contribution in [3.05, 3.63) is 153 Å². The van der Waals surface area contributed by atoms with Crippen molar-refractivity contribution in [2.75, 3.05) is 44.5 Å². The number of anilines is 1. The van der Waals surface area contributed by atoms with E-state index in [1.807, 2.05) is 138 Å². The molecule has 17 heteroatoms. The van der Waals surface area contributed by atoms with Crippen molar-refractivity contribution in [2.24, 2.45) is 17.3 Å². The molecule has 3 aromatic carbocycles. The number of fused-ring (bicyclic) bond motifs is 1. The topological polar surface area (TPSA) is 203 Å². The Labute approximate surface area is 418 Å². The van der Waals surface area contributed by atoms with E-state index in [0.717, 1.165) is 38.5 Å². The highest BCUT2D eigenvalue weighted by Gasteiger charge is 2.45. The van der Waals surface area contributed by atoms with Crippen LogP contribution >= 0.6 is 11.3 Å². The van der Waals surface area contributed by atoms with E-state index in [4.69, 9.17) is 14.2 Å². The van der Waals surface area contributed by atoms with Crippen molar-refractivity contribution in [1.82, 2.24) is 20.5 Å². The van der Waals surface area contributed by atoms with Crippen molar-refractivity contribution in [2.45, 2.75) is 78.7 Å². The largest absolute Gasteiger partial charge is 0.491 e. The van der Waals surface area contributed by atoms with Crippen molar-refractivity contribution < 1.29 is 43.4 Å². The highest BCUT2D eigenvalue weighted by atomic mass is 32.1. The lowest BCUT2D eigenvalue weighted by Crippen LogP contribution is -2.58. The van der Waals surface area contributed by atoms with Crippen molar-refractivity contribution in [3.8, 4) is 16.2 Å². The molecular weight excluding hydrogens is 925 g/mol. The molecule has 1 aliphatic carbocycles. The van der Waals surface area contributed by atoms with Crippen LogP contribution in [0.5, 0.6) is 5.75 Å². The third-order valence-corrected chi connectivity index (χ3v) is 13.7. The second-order valence-corrected chi connectivity index (χ2v) is 19.9. The Hall–Kier alpha value is -6.79. The number of likely N-dealkylation sites (tertiary alicyclic amines) is 1. The molecule has 3 aliphatic rings. The number of aryl methyl sites for hydroxylation is 1. The third kappa shape index (κ3) is 13.1. The molecule has 1 aromatic heterocycles. The molecule has 4 aromatic rings. The Morgan fingerprint density at radius 1 is 1.00 bits per heavy atom. The summed E-state index contributed by atoms with van der Waals surface area (Å²) in [6, 6.07) is 20.8. The molecule has 3 N–H and O–H groups in total. The summed E-state index contributed by atoms with van der Waals surface area (Å²) < 4.78 is 17.1. The van der Waals surface area contributed by atoms with Crippen LogP contribution in [0.4, 0.5) is 5.69 Å². The Kier molecular flexibility index (Phi) is 17.2. The number of aromatic nitrogens is 1. The van der Waals surface area contributed by atoms with Crippen LogP contribution in [0.15, 0.2) is 120 Å². The van der Waals surface area contributed by atoms with Crippen LogP contribution in [0.3, 0.4) is 0 Å². The van der Waals surface area contributed by atoms with Crippen molar-refractivity contribution in [3.63, 3.8) is 0 Å². The molecule has 16 nitrogen and oxygen atoms in total. The first kappa shape index (κ1) is 52.0. The Balaban J connectivity index is 0.812. The van der Waals surface area contributed by atoms with E-state index >= 15 is 0 Å². The van der Waals surface area contributed by atoms with Crippen LogP contribution in [-0.4, -0.2) is 101 Å². The monoisotopic (exact) mass is 986 g/mol. The Bertz CT molecular complexity index is 2690. The predicted octanol–water partition coefficient (Wildman–Crippen LogP) is 7.37. The molecule has 0 saturated carbocycles. The Morgan fingerprint density at radius 3 is 2.41 bits per heavy atom. The molecule has 0 spiro atoms. The number of hydrogen-bond donors (Lipinski definition) is 3. The first-order chi connectivity index (χ1) is 34.0. The van der Waals surface area contributed by atoms with Crippen LogP contribution in [-0.2, 0) is 35.2 Å². The summed E-state index contributed by atoms with van der Waals surface area (Å²) in [5, 5.41) is 27.6. The van der Waals surface area contributed by atoms with Crippen LogP contribution in [0, 0.1) is 34.3 Å². The van der Waals surface area contributed by atoms with Gasteiger partial charge in [-0.3, -0.25) is 29.3 Å². The van der Waals surface area contributed by atoms with Gasteiger partial charge in [-0.15, -0.1) is 11.3 Å². The minimum absolute atomic E-state index is 0.0263. The number of carbonyl (C=O) groups is 4. The third-order valence-electron chi connectivity index (χ3n) is 12.7. The average Bonchev–Trinajstić information content (AvgIpc) is 4.04. The van der Waals surface area contributed by atoms with Gasteiger partial charge >= 0.3 is 0 Å². The van der Waals surface area contributed by atoms with Crippen molar-refractivity contribution >= 4 is 46.2 Å². The van der Waals surface area contributed by atoms with Gasteiger partial charge in [0.1, 0.15) is 31.0 Å². The summed E-state index contributed by atoms with van der Waals surface area (Å²) in [6.45, 7) is 12.1. The number of amides is 4. The number of ether oxygens (including phenoxy) is 3. The zero-order chi connectivity index (χ0) is 50.8. The van der Waals surface area contributed by atoms with Gasteiger partial charge in [0, 0.05) is 36.1 Å². The van der Waals surface area contributed by atoms with E-state index in [9.17, 15) is 34.4 Å². The van der Waals surface area contributed by atoms with E-state index < -0.39 is 40.3 Å². The maximum Gasteiger partial charge on any atom is 0.265 e. The molecule has 7 rings (SSSR count). The number of nitro groups is 1. The quantitative estimate of drug-likeness (QED) is 0.0345. The van der Waals surface area contributed by atoms with E-state index in [2.05, 4.69) is 15.6 Å². The van der Waals surface area contributed by atoms with Crippen LogP contribution in [0.2, 0.25) is 0 Å². The average molecular weight is 987 g/mol. The number of aliphatic hydroxyl groups excluding tert-OH is 1. The van der Waals surface area contributed by atoms with E-state index in [0.29, 0.717) is 17.9 Å². The molecule has 3 heterocycles. The Morgan fingerprint density at radius 2 is 1.72 bits per heavy atom. The number of thiazole rings is 1. The smallest absolute Gasteiger partial charge is 0.265 e. The highest BCUT2D eigenvalue weighted by Crippen LogP contribution is 2.38. The summed E-state index contributed by atoms with van der Waals surface area (Å²) in [5.41, 5.74) is 7.19. The molecule has 4 amide bonds. The first-order valence-corrected chi connectivity index (χ1v) is 24.7. The van der Waals surface area contributed by atoms with E-state index in [1.165, 1.54) is 11.0 Å². The van der Waals surface area contributed by atoms with Gasteiger partial charge in [0.25, 0.3) is 11.6 Å². The van der Waals surface area contributed by atoms with Gasteiger partial charge < -0.3 is 39.8 Å². The molecule has 2 aliphatic heterocycles. The predicted molar refractivity (Wildman–Crippen MR) is 272 cm³/mol. The van der Waals surface area contributed by atoms with E-state index in [-0.39, 0.29) is 81.4 Å². The second kappa shape index (κ2) is 23.4. The van der Waals surface area contributed by atoms with Gasteiger partial charge in [-0.2, -0.15) is 0 Å². The van der Waals surface area contributed by atoms with E-state index in [1.54, 1.807) is 28.4 Å². The number of β-amino-alcohol motifs (C(OH)–C–C–N with tert-alkyl or cyclic N) is 1. The molecule has 374 valence electrons. The zero-order valence-corrected chi connectivity index (χ0v) is 41.7. The molecule has 2 unspecified atom stereocenters. The standard InChI is InChI=1S/C54H62N6O10S/c1-34-28-41(60(66)67)21-20-38(34)10-9-12-45-44-11-7-8-13-46(44)58(52(45)64)30-37-14-22-43(23-15-37)70-27-26-68-24-25-69-32-48(62)57-50(54(4,5)6)53(65)59-31-42(61)29-47(59)51(63)56-35(2)39-16-18-40(19-17-39)49-36(3)55-33-71-49/h7-23,28,33-35,38,42,47,50,61H,24-27,29-32H2,1-6H3,(H,56,63)(H,57,62)/b10-9+,45-12+/t34?,35-,38?,42+,47-,50+/m0/s1.